The third kappa shape index (κ3) is 4.44. The Hall–Kier alpha value is -1.88. The first-order valence-electron chi connectivity index (χ1n) is 8.33. The molecule has 2 aromatic carbocycles. The molecule has 0 saturated carbocycles. The lowest BCUT2D eigenvalue weighted by Crippen LogP contribution is -2.12. The predicted molar refractivity (Wildman–Crippen MR) is 112 cm³/mol. The Kier molecular flexibility index (Phi) is 6.45. The van der Waals surface area contributed by atoms with Crippen LogP contribution in [0.4, 0.5) is 0 Å². The predicted octanol–water partition coefficient (Wildman–Crippen LogP) is 4.38. The van der Waals surface area contributed by atoms with E-state index in [-0.39, 0.29) is 12.4 Å². The Labute approximate surface area is 162 Å². The zero-order valence-electron chi connectivity index (χ0n) is 15.3. The molecule has 0 heterocycles. The molecule has 3 nitrogen and oxygen atoms in total. The van der Waals surface area contributed by atoms with Crippen LogP contribution in [0.2, 0.25) is 0 Å². The van der Waals surface area contributed by atoms with Crippen LogP contribution in [-0.2, 0) is 9.84 Å². The van der Waals surface area contributed by atoms with Gasteiger partial charge in [-0.25, -0.2) is 8.42 Å². The first-order valence-corrected chi connectivity index (χ1v) is 10.2. The highest BCUT2D eigenvalue weighted by Gasteiger charge is 2.17. The van der Waals surface area contributed by atoms with Crippen molar-refractivity contribution in [1.29, 1.82) is 0 Å². The van der Waals surface area contributed by atoms with Gasteiger partial charge in [0.05, 0.1) is 4.90 Å². The molecule has 1 aliphatic carbocycles. The van der Waals surface area contributed by atoms with E-state index in [4.69, 9.17) is 0 Å². The van der Waals surface area contributed by atoms with E-state index in [0.29, 0.717) is 4.90 Å². The molecule has 2 aromatic rings. The maximum Gasteiger partial charge on any atom is 0.175 e. The largest absolute Gasteiger partial charge is 0.309 e. The van der Waals surface area contributed by atoms with Crippen molar-refractivity contribution >= 4 is 40.0 Å². The lowest BCUT2D eigenvalue weighted by molar-refractivity contribution is 0.417. The van der Waals surface area contributed by atoms with Crippen molar-refractivity contribution in [2.45, 2.75) is 11.3 Å². The van der Waals surface area contributed by atoms with Crippen molar-refractivity contribution in [2.24, 2.45) is 0 Å². The van der Waals surface area contributed by atoms with Crippen LogP contribution in [-0.4, -0.2) is 40.2 Å². The topological polar surface area (TPSA) is 37.4 Å². The van der Waals surface area contributed by atoms with E-state index in [1.54, 1.807) is 12.1 Å². The van der Waals surface area contributed by atoms with Gasteiger partial charge in [0.1, 0.15) is 0 Å². The molecule has 138 valence electrons. The lowest BCUT2D eigenvalue weighted by atomic mass is 9.93. The molecule has 26 heavy (non-hydrogen) atoms. The van der Waals surface area contributed by atoms with Gasteiger partial charge in [-0.1, -0.05) is 48.6 Å². The van der Waals surface area contributed by atoms with E-state index in [1.807, 2.05) is 18.2 Å². The molecule has 5 heteroatoms. The molecule has 0 unspecified atom stereocenters. The molecule has 3 rings (SSSR count). The Balaban J connectivity index is 0.00000243. The van der Waals surface area contributed by atoms with E-state index in [2.05, 4.69) is 49.4 Å². The van der Waals surface area contributed by atoms with Crippen LogP contribution in [0.25, 0.3) is 17.7 Å². The molecule has 0 aliphatic heterocycles. The maximum absolute atomic E-state index is 12.0. The van der Waals surface area contributed by atoms with Gasteiger partial charge < -0.3 is 4.90 Å². The van der Waals surface area contributed by atoms with Crippen LogP contribution in [0.15, 0.2) is 53.4 Å². The first kappa shape index (κ1) is 20.4. The number of benzene rings is 2. The van der Waals surface area contributed by atoms with E-state index in [0.717, 1.165) is 40.8 Å². The smallest absolute Gasteiger partial charge is 0.175 e. The van der Waals surface area contributed by atoms with Crippen molar-refractivity contribution in [2.75, 3.05) is 26.9 Å². The summed E-state index contributed by atoms with van der Waals surface area (Å²) in [6.45, 7) is 0.945. The minimum Gasteiger partial charge on any atom is -0.309 e. The van der Waals surface area contributed by atoms with Crippen molar-refractivity contribution in [3.63, 3.8) is 0 Å². The molecule has 0 fully saturated rings. The van der Waals surface area contributed by atoms with E-state index >= 15 is 0 Å². The standard InChI is InChI=1S/C21H23NO2S.ClH/c1-22(2)14-6-9-20-19-8-5-4-7-16(19)10-11-17-12-13-18(15-21(17)20)25(3,23)24;/h4-5,7-13,15H,6,14H2,1-3H3;1H/b20-9-;. The summed E-state index contributed by atoms with van der Waals surface area (Å²) < 4.78 is 24.0. The summed E-state index contributed by atoms with van der Waals surface area (Å²) >= 11 is 0. The summed E-state index contributed by atoms with van der Waals surface area (Å²) in [5, 5.41) is 0. The van der Waals surface area contributed by atoms with Gasteiger partial charge in [0.25, 0.3) is 0 Å². The van der Waals surface area contributed by atoms with E-state index in [9.17, 15) is 8.42 Å². The zero-order chi connectivity index (χ0) is 18.0. The number of halogens is 1. The van der Waals surface area contributed by atoms with E-state index < -0.39 is 9.84 Å². The summed E-state index contributed by atoms with van der Waals surface area (Å²) in [5.41, 5.74) is 5.41. The highest BCUT2D eigenvalue weighted by molar-refractivity contribution is 7.90. The molecule has 0 N–H and O–H groups in total. The minimum atomic E-state index is -3.24. The molecule has 0 bridgehead atoms. The average Bonchev–Trinajstić information content (AvgIpc) is 2.71. The third-order valence-corrected chi connectivity index (χ3v) is 5.47. The van der Waals surface area contributed by atoms with Gasteiger partial charge in [0, 0.05) is 12.8 Å². The van der Waals surface area contributed by atoms with Crippen LogP contribution < -0.4 is 0 Å². The quantitative estimate of drug-likeness (QED) is 0.664. The van der Waals surface area contributed by atoms with Crippen LogP contribution >= 0.6 is 12.4 Å². The van der Waals surface area contributed by atoms with Gasteiger partial charge in [-0.2, -0.15) is 0 Å². The number of sulfone groups is 1. The number of hydrogen-bond donors (Lipinski definition) is 0. The number of hydrogen-bond acceptors (Lipinski definition) is 3. The first-order chi connectivity index (χ1) is 11.9. The second-order valence-corrected chi connectivity index (χ2v) is 8.67. The summed E-state index contributed by atoms with van der Waals surface area (Å²) in [5.74, 6) is 0. The second-order valence-electron chi connectivity index (χ2n) is 6.65. The monoisotopic (exact) mass is 389 g/mol. The van der Waals surface area contributed by atoms with Crippen molar-refractivity contribution in [3.05, 3.63) is 70.8 Å². The molecule has 0 atom stereocenters. The van der Waals surface area contributed by atoms with Crippen molar-refractivity contribution in [1.82, 2.24) is 4.90 Å². The summed E-state index contributed by atoms with van der Waals surface area (Å²) in [7, 11) is 0.862. The number of nitrogens with zero attached hydrogens (tertiary/aromatic N) is 1. The Morgan fingerprint density at radius 1 is 0.962 bits per heavy atom. The zero-order valence-corrected chi connectivity index (χ0v) is 16.9. The van der Waals surface area contributed by atoms with Gasteiger partial charge in [-0.05, 0) is 60.5 Å². The van der Waals surface area contributed by atoms with Crippen molar-refractivity contribution in [3.8, 4) is 0 Å². The Morgan fingerprint density at radius 3 is 2.27 bits per heavy atom. The Bertz CT molecular complexity index is 960. The fourth-order valence-electron chi connectivity index (χ4n) is 3.04. The average molecular weight is 390 g/mol. The normalized spacial score (nSPS) is 14.5. The van der Waals surface area contributed by atoms with Crippen LogP contribution in [0, 0.1) is 0 Å². The molecule has 0 amide bonds. The SMILES string of the molecule is CN(C)CC/C=C1/c2ccccc2C=Cc2ccc(S(C)(=O)=O)cc21.Cl. The molecule has 1 aliphatic rings. The summed E-state index contributed by atoms with van der Waals surface area (Å²) in [6, 6.07) is 13.6. The molecule has 0 saturated heterocycles. The number of fused-ring (bicyclic) bond motifs is 2. The van der Waals surface area contributed by atoms with Gasteiger partial charge in [-0.15, -0.1) is 12.4 Å². The fourth-order valence-corrected chi connectivity index (χ4v) is 3.69. The van der Waals surface area contributed by atoms with Crippen LogP contribution in [0.5, 0.6) is 0 Å². The van der Waals surface area contributed by atoms with Crippen LogP contribution in [0.1, 0.15) is 28.7 Å². The van der Waals surface area contributed by atoms with Crippen molar-refractivity contribution < 1.29 is 8.42 Å². The summed E-state index contributed by atoms with van der Waals surface area (Å²) in [4.78, 5) is 2.50. The summed E-state index contributed by atoms with van der Waals surface area (Å²) in [6.07, 6.45) is 8.54. The van der Waals surface area contributed by atoms with Gasteiger partial charge in [-0.3, -0.25) is 0 Å². The molecular weight excluding hydrogens is 366 g/mol. The molecule has 0 radical (unpaired) electrons. The lowest BCUT2D eigenvalue weighted by Gasteiger charge is -2.14. The fraction of sp³-hybridized carbons (Fsp3) is 0.238. The highest BCUT2D eigenvalue weighted by Crippen LogP contribution is 2.35. The Morgan fingerprint density at radius 2 is 1.62 bits per heavy atom. The minimum absolute atomic E-state index is 0. The second kappa shape index (κ2) is 8.21. The van der Waals surface area contributed by atoms with Gasteiger partial charge >= 0.3 is 0 Å². The highest BCUT2D eigenvalue weighted by atomic mass is 35.5. The number of rotatable bonds is 4. The molecular formula is C21H24ClNO2S. The van der Waals surface area contributed by atoms with E-state index in [1.165, 1.54) is 6.26 Å². The van der Waals surface area contributed by atoms with Gasteiger partial charge in [0.2, 0.25) is 0 Å². The molecule has 0 spiro atoms. The van der Waals surface area contributed by atoms with Gasteiger partial charge in [0.15, 0.2) is 9.84 Å². The maximum atomic E-state index is 12.0. The third-order valence-electron chi connectivity index (χ3n) is 4.36. The van der Waals surface area contributed by atoms with Crippen LogP contribution in [0.3, 0.4) is 0 Å². The molecule has 0 aromatic heterocycles.